The first-order valence-corrected chi connectivity index (χ1v) is 8.28. The van der Waals surface area contributed by atoms with E-state index in [0.717, 1.165) is 14.6 Å². The molecule has 0 saturated heterocycles. The van der Waals surface area contributed by atoms with Gasteiger partial charge in [0.2, 0.25) is 0 Å². The van der Waals surface area contributed by atoms with E-state index in [9.17, 15) is 9.59 Å². The highest BCUT2D eigenvalue weighted by Crippen LogP contribution is 2.23. The van der Waals surface area contributed by atoms with E-state index >= 15 is 0 Å². The molecule has 1 amide bonds. The Kier molecular flexibility index (Phi) is 4.35. The lowest BCUT2D eigenvalue weighted by atomic mass is 10.2. The minimum absolute atomic E-state index is 0.0977. The summed E-state index contributed by atoms with van der Waals surface area (Å²) in [5.74, 6) is -0.177. The summed E-state index contributed by atoms with van der Waals surface area (Å²) in [4.78, 5) is 28.0. The second kappa shape index (κ2) is 6.41. The van der Waals surface area contributed by atoms with Gasteiger partial charge in [-0.15, -0.1) is 11.3 Å². The minimum Gasteiger partial charge on any atom is -0.350 e. The SMILES string of the molecule is O=C(NCCn1cc(Br)ccc1=O)c1cncc2ccsc12. The van der Waals surface area contributed by atoms with Gasteiger partial charge < -0.3 is 9.88 Å². The molecule has 0 aliphatic carbocycles. The van der Waals surface area contributed by atoms with E-state index in [0.29, 0.717) is 18.7 Å². The van der Waals surface area contributed by atoms with Crippen LogP contribution in [-0.4, -0.2) is 22.0 Å². The summed E-state index contributed by atoms with van der Waals surface area (Å²) in [6.07, 6.45) is 5.01. The largest absolute Gasteiger partial charge is 0.350 e. The number of aromatic nitrogens is 2. The number of carbonyl (C=O) groups excluding carboxylic acids is 1. The summed E-state index contributed by atoms with van der Waals surface area (Å²) in [7, 11) is 0. The first-order chi connectivity index (χ1) is 10.6. The van der Waals surface area contributed by atoms with Gasteiger partial charge >= 0.3 is 0 Å². The predicted molar refractivity (Wildman–Crippen MR) is 90.4 cm³/mol. The number of nitrogens with zero attached hydrogens (tertiary/aromatic N) is 2. The van der Waals surface area contributed by atoms with Crippen molar-refractivity contribution >= 4 is 43.3 Å². The number of fused-ring (bicyclic) bond motifs is 1. The topological polar surface area (TPSA) is 64.0 Å². The fraction of sp³-hybridized carbons (Fsp3) is 0.133. The average molecular weight is 378 g/mol. The molecule has 0 spiro atoms. The van der Waals surface area contributed by atoms with E-state index in [-0.39, 0.29) is 11.5 Å². The van der Waals surface area contributed by atoms with E-state index in [1.807, 2.05) is 11.4 Å². The smallest absolute Gasteiger partial charge is 0.254 e. The maximum Gasteiger partial charge on any atom is 0.254 e. The number of rotatable bonds is 4. The summed E-state index contributed by atoms with van der Waals surface area (Å²) in [6.45, 7) is 0.787. The maximum absolute atomic E-state index is 12.3. The Hall–Kier alpha value is -1.99. The van der Waals surface area contributed by atoms with Crippen molar-refractivity contribution in [2.45, 2.75) is 6.54 Å². The van der Waals surface area contributed by atoms with Crippen molar-refractivity contribution in [3.05, 3.63) is 62.6 Å². The van der Waals surface area contributed by atoms with Gasteiger partial charge in [-0.2, -0.15) is 0 Å². The van der Waals surface area contributed by atoms with Gasteiger partial charge in [-0.1, -0.05) is 0 Å². The Balaban J connectivity index is 1.69. The zero-order valence-corrected chi connectivity index (χ0v) is 13.9. The molecule has 3 aromatic heterocycles. The van der Waals surface area contributed by atoms with Gasteiger partial charge in [0.1, 0.15) is 0 Å². The number of amides is 1. The van der Waals surface area contributed by atoms with Crippen LogP contribution >= 0.6 is 27.3 Å². The monoisotopic (exact) mass is 377 g/mol. The Morgan fingerprint density at radius 1 is 1.32 bits per heavy atom. The lowest BCUT2D eigenvalue weighted by Gasteiger charge is -2.08. The summed E-state index contributed by atoms with van der Waals surface area (Å²) in [6, 6.07) is 5.12. The quantitative estimate of drug-likeness (QED) is 0.759. The second-order valence-corrected chi connectivity index (χ2v) is 6.49. The van der Waals surface area contributed by atoms with Crippen LogP contribution in [0.2, 0.25) is 0 Å². The van der Waals surface area contributed by atoms with Crippen molar-refractivity contribution in [3.8, 4) is 0 Å². The van der Waals surface area contributed by atoms with Crippen molar-refractivity contribution in [2.24, 2.45) is 0 Å². The maximum atomic E-state index is 12.3. The van der Waals surface area contributed by atoms with Crippen molar-refractivity contribution < 1.29 is 4.79 Å². The van der Waals surface area contributed by atoms with Crippen LogP contribution in [0.3, 0.4) is 0 Å². The van der Waals surface area contributed by atoms with Gasteiger partial charge in [-0.25, -0.2) is 0 Å². The Morgan fingerprint density at radius 3 is 3.05 bits per heavy atom. The molecule has 0 unspecified atom stereocenters. The molecule has 0 aromatic carbocycles. The molecule has 0 radical (unpaired) electrons. The van der Waals surface area contributed by atoms with Crippen LogP contribution in [0.5, 0.6) is 0 Å². The van der Waals surface area contributed by atoms with Crippen LogP contribution in [0.15, 0.2) is 51.4 Å². The van der Waals surface area contributed by atoms with Crippen molar-refractivity contribution in [2.75, 3.05) is 6.54 Å². The number of carbonyl (C=O) groups is 1. The number of hydrogen-bond acceptors (Lipinski definition) is 4. The second-order valence-electron chi connectivity index (χ2n) is 4.66. The molecule has 0 atom stereocenters. The molecular weight excluding hydrogens is 366 g/mol. The fourth-order valence-electron chi connectivity index (χ4n) is 2.11. The molecule has 5 nitrogen and oxygen atoms in total. The van der Waals surface area contributed by atoms with Crippen LogP contribution < -0.4 is 10.9 Å². The summed E-state index contributed by atoms with van der Waals surface area (Å²) < 4.78 is 3.30. The number of pyridine rings is 2. The number of nitrogens with one attached hydrogen (secondary N) is 1. The van der Waals surface area contributed by atoms with Gasteiger partial charge in [0.05, 0.1) is 10.3 Å². The lowest BCUT2D eigenvalue weighted by molar-refractivity contribution is 0.0953. The molecule has 3 aromatic rings. The first kappa shape index (κ1) is 14.9. The number of halogens is 1. The summed E-state index contributed by atoms with van der Waals surface area (Å²) in [5, 5.41) is 5.72. The molecule has 3 rings (SSSR count). The third-order valence-electron chi connectivity index (χ3n) is 3.19. The molecule has 3 heterocycles. The van der Waals surface area contributed by atoms with Crippen molar-refractivity contribution in [1.29, 1.82) is 0 Å². The van der Waals surface area contributed by atoms with Crippen molar-refractivity contribution in [3.63, 3.8) is 0 Å². The molecule has 0 fully saturated rings. The molecule has 22 heavy (non-hydrogen) atoms. The van der Waals surface area contributed by atoms with Crippen LogP contribution in [0.4, 0.5) is 0 Å². The molecule has 0 aliphatic heterocycles. The molecular formula is C15H12BrN3O2S. The lowest BCUT2D eigenvalue weighted by Crippen LogP contribution is -2.30. The Morgan fingerprint density at radius 2 is 2.18 bits per heavy atom. The molecule has 7 heteroatoms. The number of thiophene rings is 1. The first-order valence-electron chi connectivity index (χ1n) is 6.60. The van der Waals surface area contributed by atoms with Gasteiger partial charge in [0, 0.05) is 47.6 Å². The third-order valence-corrected chi connectivity index (χ3v) is 4.62. The predicted octanol–water partition coefficient (Wildman–Crippen LogP) is 2.65. The van der Waals surface area contributed by atoms with Crippen LogP contribution in [0.25, 0.3) is 10.1 Å². The van der Waals surface area contributed by atoms with Gasteiger partial charge in [0.25, 0.3) is 11.5 Å². The normalized spacial score (nSPS) is 10.8. The zero-order valence-electron chi connectivity index (χ0n) is 11.5. The molecule has 0 aliphatic rings. The van der Waals surface area contributed by atoms with Gasteiger partial charge in [-0.3, -0.25) is 14.6 Å². The highest BCUT2D eigenvalue weighted by Gasteiger charge is 2.11. The highest BCUT2D eigenvalue weighted by molar-refractivity contribution is 9.10. The molecule has 112 valence electrons. The van der Waals surface area contributed by atoms with Gasteiger partial charge in [0.15, 0.2) is 0 Å². The van der Waals surface area contributed by atoms with E-state index < -0.39 is 0 Å². The standard InChI is InChI=1S/C15H12BrN3O2S/c16-11-1-2-13(20)19(9-11)5-4-18-15(21)12-8-17-7-10-3-6-22-14(10)12/h1-3,6-9H,4-5H2,(H,18,21). The molecule has 0 bridgehead atoms. The van der Waals surface area contributed by atoms with Gasteiger partial charge in [-0.05, 0) is 33.4 Å². The number of hydrogen-bond donors (Lipinski definition) is 1. The molecule has 1 N–H and O–H groups in total. The van der Waals surface area contributed by atoms with Crippen molar-refractivity contribution in [1.82, 2.24) is 14.9 Å². The van der Waals surface area contributed by atoms with Crippen LogP contribution in [0, 0.1) is 0 Å². The van der Waals surface area contributed by atoms with Crippen LogP contribution in [0.1, 0.15) is 10.4 Å². The fourth-order valence-corrected chi connectivity index (χ4v) is 3.37. The highest BCUT2D eigenvalue weighted by atomic mass is 79.9. The van der Waals surface area contributed by atoms with E-state index in [1.165, 1.54) is 17.4 Å². The van der Waals surface area contributed by atoms with E-state index in [4.69, 9.17) is 0 Å². The zero-order chi connectivity index (χ0) is 15.5. The summed E-state index contributed by atoms with van der Waals surface area (Å²) in [5.41, 5.74) is 0.466. The Bertz CT molecular complexity index is 888. The third kappa shape index (κ3) is 3.10. The van der Waals surface area contributed by atoms with E-state index in [2.05, 4.69) is 26.2 Å². The average Bonchev–Trinajstić information content (AvgIpc) is 2.99. The Labute approximate surface area is 138 Å². The summed E-state index contributed by atoms with van der Waals surface area (Å²) >= 11 is 4.84. The minimum atomic E-state index is -0.177. The molecule has 0 saturated carbocycles. The van der Waals surface area contributed by atoms with E-state index in [1.54, 1.807) is 29.2 Å². The van der Waals surface area contributed by atoms with Crippen LogP contribution in [-0.2, 0) is 6.54 Å².